The van der Waals surface area contributed by atoms with E-state index in [1.165, 1.54) is 0 Å². The Morgan fingerprint density at radius 1 is 0.500 bits per heavy atom. The van der Waals surface area contributed by atoms with Crippen LogP contribution < -0.4 is 0 Å². The van der Waals surface area contributed by atoms with E-state index in [2.05, 4.69) is 0 Å². The van der Waals surface area contributed by atoms with Crippen LogP contribution in [0, 0.1) is 25.6 Å². The first-order valence-corrected chi connectivity index (χ1v) is 20.9. The Labute approximate surface area is 92.1 Å². The summed E-state index contributed by atoms with van der Waals surface area (Å²) in [5, 5.41) is 0. The van der Waals surface area contributed by atoms with Crippen LogP contribution in [0.3, 0.4) is 0 Å². The van der Waals surface area contributed by atoms with E-state index in [1.807, 2.05) is 0 Å². The Bertz CT molecular complexity index is 37.8. The maximum atomic E-state index is 5.06. The fourth-order valence-corrected chi connectivity index (χ4v) is 0. The van der Waals surface area contributed by atoms with Crippen LogP contribution >= 0.6 is 23.9 Å². The first kappa shape index (κ1) is 63.6. The molecule has 0 rings (SSSR count). The molecule has 4 nitrogen and oxygen atoms in total. The van der Waals surface area contributed by atoms with Crippen LogP contribution in [0.15, 0.2) is 0 Å². The Morgan fingerprint density at radius 3 is 0.500 bits per heavy atom. The zero-order valence-electron chi connectivity index (χ0n) is 4.01. The molecule has 9 heteroatoms. The minimum absolute atomic E-state index is 0. The summed E-state index contributed by atoms with van der Waals surface area (Å²) >= 11 is -3.45. The van der Waals surface area contributed by atoms with Crippen LogP contribution in [0.1, 0.15) is 22.3 Å². The summed E-state index contributed by atoms with van der Waals surface area (Å²) in [6, 6.07) is 0. The average Bonchev–Trinajstić information content (AvgIpc) is 0.722. The van der Waals surface area contributed by atoms with Gasteiger partial charge in [0.2, 0.25) is 0 Å². The molecule has 0 unspecified atom stereocenters. The predicted molar refractivity (Wildman–Crippen MR) is 58.1 cm³/mol. The Hall–Kier alpha value is 2.32. The number of hydrogen-bond acceptors (Lipinski definition) is 0. The van der Waals surface area contributed by atoms with Crippen molar-refractivity contribution in [2.24, 2.45) is 0 Å². The number of rotatable bonds is 0. The predicted octanol–water partition coefficient (Wildman–Crippen LogP) is 1.37. The molecule has 0 aromatic carbocycles. The van der Waals surface area contributed by atoms with Crippen molar-refractivity contribution in [3.05, 3.63) is 0 Å². The van der Waals surface area contributed by atoms with Crippen molar-refractivity contribution >= 4 is 23.9 Å². The van der Waals surface area contributed by atoms with Crippen LogP contribution in [0.2, 0.25) is 0 Å². The summed E-state index contributed by atoms with van der Waals surface area (Å²) < 4.78 is 0. The molecule has 0 saturated carbocycles. The summed E-state index contributed by atoms with van der Waals surface area (Å²) in [6.07, 6.45) is 0. The van der Waals surface area contributed by atoms with Crippen molar-refractivity contribution in [3.8, 4) is 0 Å². The summed E-state index contributed by atoms with van der Waals surface area (Å²) in [6.45, 7) is 0. The normalized spacial score (nSPS) is 5.00. The SMILES string of the molecule is C.C.C.O.O.O.O.[Cl][Th]([Cl])([Cl])[Cl]. The molecular formula is C3H20Cl4O4Th. The molecule has 0 bridgehead atoms. The molecule has 0 saturated heterocycles. The fraction of sp³-hybridized carbons (Fsp3) is 1.00. The molecule has 0 fully saturated rings. The second-order valence-corrected chi connectivity index (χ2v) is 35.6. The first-order chi connectivity index (χ1) is 2.00. The van der Waals surface area contributed by atoms with Gasteiger partial charge in [-0.15, -0.1) is 0 Å². The second kappa shape index (κ2) is 29.2. The topological polar surface area (TPSA) is 126 Å². The van der Waals surface area contributed by atoms with E-state index in [4.69, 9.17) is 23.9 Å². The zero-order valence-corrected chi connectivity index (χ0v) is 11.1. The third kappa shape index (κ3) is 292. The van der Waals surface area contributed by atoms with E-state index in [1.54, 1.807) is 0 Å². The van der Waals surface area contributed by atoms with E-state index in [-0.39, 0.29) is 44.2 Å². The summed E-state index contributed by atoms with van der Waals surface area (Å²) in [4.78, 5) is 0. The standard InChI is InChI=1S/3CH4.4ClH.4H2O.Th/h3*1H4;4*1H;4*1H2;/q;;;;;;;;;;;+4/p-4. The molecule has 12 heavy (non-hydrogen) atoms. The quantitative estimate of drug-likeness (QED) is 0.483. The fourth-order valence-electron chi connectivity index (χ4n) is 0. The van der Waals surface area contributed by atoms with Crippen molar-refractivity contribution in [2.75, 3.05) is 0 Å². The van der Waals surface area contributed by atoms with Gasteiger partial charge in [0.1, 0.15) is 0 Å². The summed E-state index contributed by atoms with van der Waals surface area (Å²) in [5.41, 5.74) is 0. The van der Waals surface area contributed by atoms with Gasteiger partial charge in [0.25, 0.3) is 0 Å². The van der Waals surface area contributed by atoms with E-state index in [9.17, 15) is 0 Å². The third-order valence-electron chi connectivity index (χ3n) is 0. The van der Waals surface area contributed by atoms with Gasteiger partial charge < -0.3 is 21.9 Å². The van der Waals surface area contributed by atoms with E-state index in [0.29, 0.717) is 0 Å². The van der Waals surface area contributed by atoms with Gasteiger partial charge >= 0.3 is 49.5 Å². The summed E-state index contributed by atoms with van der Waals surface area (Å²) in [5.74, 6) is 20.2. The molecule has 0 aliphatic rings. The number of hydrogen-bond donors (Lipinski definition) is 0. The van der Waals surface area contributed by atoms with Crippen molar-refractivity contribution in [1.29, 1.82) is 0 Å². The van der Waals surface area contributed by atoms with Crippen molar-refractivity contribution in [2.45, 2.75) is 22.3 Å². The molecule has 0 radical (unpaired) electrons. The van der Waals surface area contributed by atoms with E-state index >= 15 is 0 Å². The van der Waals surface area contributed by atoms with E-state index in [0.717, 1.165) is 0 Å². The Morgan fingerprint density at radius 2 is 0.500 bits per heavy atom. The molecule has 0 aliphatic heterocycles. The minimum atomic E-state index is -3.45. The van der Waals surface area contributed by atoms with Gasteiger partial charge in [-0.3, -0.25) is 0 Å². The molecule has 0 aromatic rings. The molecule has 88 valence electrons. The average molecular weight is 494 g/mol. The molecule has 0 spiro atoms. The van der Waals surface area contributed by atoms with Crippen LogP contribution in [-0.2, 0) is 0 Å². The zero-order chi connectivity index (χ0) is 4.50. The van der Waals surface area contributed by atoms with Gasteiger partial charge in [-0.1, -0.05) is 22.3 Å². The Balaban J connectivity index is -0.00000000381. The molecule has 0 aromatic heterocycles. The second-order valence-electron chi connectivity index (χ2n) is 0.429. The first-order valence-electron chi connectivity index (χ1n) is 0.756. The molecule has 8 N–H and O–H groups in total. The monoisotopic (exact) mass is 492 g/mol. The maximum absolute atomic E-state index is 5.06. The molecule has 0 heterocycles. The van der Waals surface area contributed by atoms with Crippen molar-refractivity contribution in [1.82, 2.24) is 0 Å². The number of halogens is 4. The summed E-state index contributed by atoms with van der Waals surface area (Å²) in [7, 11) is 0. The molecule has 0 aliphatic carbocycles. The van der Waals surface area contributed by atoms with Crippen LogP contribution in [-0.4, -0.2) is 21.9 Å². The van der Waals surface area contributed by atoms with Gasteiger partial charge in [0.15, 0.2) is 0 Å². The van der Waals surface area contributed by atoms with Gasteiger partial charge in [-0.2, -0.15) is 0 Å². The Kier molecular flexibility index (Phi) is 155. The van der Waals surface area contributed by atoms with Gasteiger partial charge in [0, 0.05) is 0 Å². The van der Waals surface area contributed by atoms with E-state index < -0.39 is 25.6 Å². The third-order valence-corrected chi connectivity index (χ3v) is 0. The van der Waals surface area contributed by atoms with Crippen molar-refractivity contribution < 1.29 is 47.5 Å². The van der Waals surface area contributed by atoms with Crippen LogP contribution in [0.4, 0.5) is 0 Å². The van der Waals surface area contributed by atoms with Gasteiger partial charge in [-0.25, -0.2) is 0 Å². The molecular weight excluding hydrogens is 474 g/mol. The van der Waals surface area contributed by atoms with Gasteiger partial charge in [-0.05, 0) is 0 Å². The molecule has 0 amide bonds. The van der Waals surface area contributed by atoms with Crippen LogP contribution in [0.5, 0.6) is 0 Å². The molecule has 0 atom stereocenters. The van der Waals surface area contributed by atoms with Crippen LogP contribution in [0.25, 0.3) is 0 Å². The van der Waals surface area contributed by atoms with Crippen molar-refractivity contribution in [3.63, 3.8) is 0 Å². The van der Waals surface area contributed by atoms with Gasteiger partial charge in [0.05, 0.1) is 0 Å².